The van der Waals surface area contributed by atoms with Crippen LogP contribution in [0.3, 0.4) is 0 Å². The predicted octanol–water partition coefficient (Wildman–Crippen LogP) is 3.55. The van der Waals surface area contributed by atoms with Crippen LogP contribution in [0.4, 0.5) is 0 Å². The van der Waals surface area contributed by atoms with Gasteiger partial charge in [0.15, 0.2) is 16.6 Å². The maximum atomic E-state index is 12.8. The number of aryl methyl sites for hydroxylation is 1. The molecule has 1 aliphatic heterocycles. The first kappa shape index (κ1) is 21.2. The predicted molar refractivity (Wildman–Crippen MR) is 127 cm³/mol. The van der Waals surface area contributed by atoms with Gasteiger partial charge >= 0.3 is 0 Å². The first-order chi connectivity index (χ1) is 15.0. The molecule has 2 aromatic carbocycles. The lowest BCUT2D eigenvalue weighted by molar-refractivity contribution is 0.172. The molecule has 0 saturated heterocycles. The third-order valence-electron chi connectivity index (χ3n) is 5.47. The highest BCUT2D eigenvalue weighted by Crippen LogP contribution is 2.33. The quantitative estimate of drug-likeness (QED) is 0.575. The molecular weight excluding hydrogens is 410 g/mol. The SMILES string of the molecule is CCNC(=S)N(CCc1ccccc1C)Cc1cc2cc3c(cc2[nH]c1=O)OCCO3. The van der Waals surface area contributed by atoms with E-state index in [0.717, 1.165) is 30.4 Å². The monoisotopic (exact) mass is 437 g/mol. The molecule has 0 radical (unpaired) electrons. The number of nitrogens with zero attached hydrogens (tertiary/aromatic N) is 1. The second-order valence-electron chi connectivity index (χ2n) is 7.64. The number of H-pyrrole nitrogens is 1. The minimum Gasteiger partial charge on any atom is -0.486 e. The van der Waals surface area contributed by atoms with Crippen LogP contribution in [0.5, 0.6) is 11.5 Å². The molecule has 2 N–H and O–H groups in total. The molecule has 162 valence electrons. The van der Waals surface area contributed by atoms with Crippen LogP contribution in [0.25, 0.3) is 10.9 Å². The van der Waals surface area contributed by atoms with E-state index in [1.165, 1.54) is 11.1 Å². The lowest BCUT2D eigenvalue weighted by Crippen LogP contribution is -2.41. The van der Waals surface area contributed by atoms with Crippen molar-refractivity contribution in [3.63, 3.8) is 0 Å². The fourth-order valence-corrected chi connectivity index (χ4v) is 4.07. The highest BCUT2D eigenvalue weighted by molar-refractivity contribution is 7.80. The van der Waals surface area contributed by atoms with Gasteiger partial charge in [-0.3, -0.25) is 4.79 Å². The van der Waals surface area contributed by atoms with Crippen molar-refractivity contribution in [2.45, 2.75) is 26.8 Å². The number of rotatable bonds is 6. The van der Waals surface area contributed by atoms with Crippen molar-refractivity contribution in [3.8, 4) is 11.5 Å². The molecule has 3 aromatic rings. The Morgan fingerprint density at radius 2 is 1.87 bits per heavy atom. The molecule has 0 unspecified atom stereocenters. The van der Waals surface area contributed by atoms with Gasteiger partial charge in [-0.1, -0.05) is 24.3 Å². The number of aromatic amines is 1. The van der Waals surface area contributed by atoms with Crippen LogP contribution >= 0.6 is 12.2 Å². The fourth-order valence-electron chi connectivity index (χ4n) is 3.77. The summed E-state index contributed by atoms with van der Waals surface area (Å²) in [5.74, 6) is 1.37. The van der Waals surface area contributed by atoms with E-state index in [-0.39, 0.29) is 5.56 Å². The van der Waals surface area contributed by atoms with Crippen molar-refractivity contribution < 1.29 is 9.47 Å². The largest absolute Gasteiger partial charge is 0.486 e. The maximum Gasteiger partial charge on any atom is 0.253 e. The number of fused-ring (bicyclic) bond motifs is 2. The van der Waals surface area contributed by atoms with Crippen LogP contribution in [-0.2, 0) is 13.0 Å². The molecule has 0 saturated carbocycles. The zero-order chi connectivity index (χ0) is 21.8. The number of benzene rings is 2. The van der Waals surface area contributed by atoms with Gasteiger partial charge in [0, 0.05) is 30.1 Å². The summed E-state index contributed by atoms with van der Waals surface area (Å²) in [6.07, 6.45) is 0.850. The molecule has 31 heavy (non-hydrogen) atoms. The zero-order valence-electron chi connectivity index (χ0n) is 17.9. The maximum absolute atomic E-state index is 12.8. The van der Waals surface area contributed by atoms with Gasteiger partial charge in [0.05, 0.1) is 12.1 Å². The summed E-state index contributed by atoms with van der Waals surface area (Å²) in [6.45, 7) is 7.05. The van der Waals surface area contributed by atoms with Gasteiger partial charge in [0.2, 0.25) is 0 Å². The van der Waals surface area contributed by atoms with E-state index in [9.17, 15) is 4.79 Å². The Bertz CT molecular complexity index is 1160. The first-order valence-corrected chi connectivity index (χ1v) is 11.0. The summed E-state index contributed by atoms with van der Waals surface area (Å²) < 4.78 is 11.3. The molecular formula is C24H27N3O3S. The van der Waals surface area contributed by atoms with E-state index in [2.05, 4.69) is 40.3 Å². The average molecular weight is 438 g/mol. The number of ether oxygens (including phenoxy) is 2. The second-order valence-corrected chi connectivity index (χ2v) is 8.03. The Morgan fingerprint density at radius 3 is 2.61 bits per heavy atom. The van der Waals surface area contributed by atoms with Gasteiger partial charge in [0.1, 0.15) is 13.2 Å². The molecule has 7 heteroatoms. The third kappa shape index (κ3) is 4.82. The van der Waals surface area contributed by atoms with Crippen molar-refractivity contribution in [2.75, 3.05) is 26.3 Å². The Morgan fingerprint density at radius 1 is 1.13 bits per heavy atom. The van der Waals surface area contributed by atoms with Crippen molar-refractivity contribution in [2.24, 2.45) is 0 Å². The van der Waals surface area contributed by atoms with E-state index in [0.29, 0.717) is 41.9 Å². The lowest BCUT2D eigenvalue weighted by atomic mass is 10.1. The van der Waals surface area contributed by atoms with Gasteiger partial charge in [-0.2, -0.15) is 0 Å². The fraction of sp³-hybridized carbons (Fsp3) is 0.333. The Hall–Kier alpha value is -3.06. The molecule has 0 fully saturated rings. The van der Waals surface area contributed by atoms with Crippen LogP contribution in [0.2, 0.25) is 0 Å². The van der Waals surface area contributed by atoms with Crippen LogP contribution in [0.15, 0.2) is 47.3 Å². The molecule has 0 spiro atoms. The van der Waals surface area contributed by atoms with Crippen molar-refractivity contribution in [3.05, 3.63) is 69.5 Å². The summed E-state index contributed by atoms with van der Waals surface area (Å²) in [5.41, 5.74) is 3.81. The molecule has 0 atom stereocenters. The van der Waals surface area contributed by atoms with E-state index >= 15 is 0 Å². The number of thiocarbonyl (C=S) groups is 1. The molecule has 4 rings (SSSR count). The summed E-state index contributed by atoms with van der Waals surface area (Å²) in [7, 11) is 0. The number of aromatic nitrogens is 1. The van der Waals surface area contributed by atoms with E-state index in [1.54, 1.807) is 0 Å². The lowest BCUT2D eigenvalue weighted by Gasteiger charge is -2.26. The molecule has 1 aliphatic rings. The number of nitrogens with one attached hydrogen (secondary N) is 2. The standard InChI is InChI=1S/C24H27N3O3S/c1-3-25-24(31)27(9-8-17-7-5-4-6-16(17)2)15-19-12-18-13-21-22(30-11-10-29-21)14-20(18)26-23(19)28/h4-7,12-14H,3,8-11,15H2,1-2H3,(H,25,31)(H,26,28). The molecule has 1 aromatic heterocycles. The average Bonchev–Trinajstić information content (AvgIpc) is 2.76. The zero-order valence-corrected chi connectivity index (χ0v) is 18.7. The summed E-state index contributed by atoms with van der Waals surface area (Å²) in [6, 6.07) is 14.0. The molecule has 0 aliphatic carbocycles. The molecule has 0 bridgehead atoms. The van der Waals surface area contributed by atoms with Gasteiger partial charge < -0.3 is 24.7 Å². The van der Waals surface area contributed by atoms with Crippen molar-refractivity contribution in [1.82, 2.24) is 15.2 Å². The number of hydrogen-bond donors (Lipinski definition) is 2. The smallest absolute Gasteiger partial charge is 0.253 e. The van der Waals surface area contributed by atoms with Crippen molar-refractivity contribution in [1.29, 1.82) is 0 Å². The third-order valence-corrected chi connectivity index (χ3v) is 5.88. The first-order valence-electron chi connectivity index (χ1n) is 10.6. The highest BCUT2D eigenvalue weighted by Gasteiger charge is 2.16. The normalized spacial score (nSPS) is 12.6. The summed E-state index contributed by atoms with van der Waals surface area (Å²) in [5, 5.41) is 4.78. The van der Waals surface area contributed by atoms with Gasteiger partial charge in [-0.05, 0) is 55.7 Å². The van der Waals surface area contributed by atoms with Gasteiger partial charge in [0.25, 0.3) is 5.56 Å². The van der Waals surface area contributed by atoms with Crippen LogP contribution in [0, 0.1) is 6.92 Å². The minimum absolute atomic E-state index is 0.121. The van der Waals surface area contributed by atoms with Crippen LogP contribution in [0.1, 0.15) is 23.6 Å². The molecule has 2 heterocycles. The highest BCUT2D eigenvalue weighted by atomic mass is 32.1. The number of pyridine rings is 1. The molecule has 6 nitrogen and oxygen atoms in total. The summed E-state index contributed by atoms with van der Waals surface area (Å²) >= 11 is 5.61. The Kier molecular flexibility index (Phi) is 6.42. The van der Waals surface area contributed by atoms with Crippen LogP contribution in [-0.4, -0.2) is 41.3 Å². The summed E-state index contributed by atoms with van der Waals surface area (Å²) in [4.78, 5) is 17.9. The molecule has 0 amide bonds. The Balaban J connectivity index is 1.60. The topological polar surface area (TPSA) is 66.6 Å². The van der Waals surface area contributed by atoms with Gasteiger partial charge in [-0.15, -0.1) is 0 Å². The second kappa shape index (κ2) is 9.39. The van der Waals surface area contributed by atoms with E-state index in [4.69, 9.17) is 21.7 Å². The van der Waals surface area contributed by atoms with E-state index in [1.807, 2.05) is 31.2 Å². The van der Waals surface area contributed by atoms with E-state index < -0.39 is 0 Å². The Labute approximate surface area is 187 Å². The van der Waals surface area contributed by atoms with Crippen molar-refractivity contribution >= 4 is 28.2 Å². The number of hydrogen-bond acceptors (Lipinski definition) is 4. The minimum atomic E-state index is -0.121. The van der Waals surface area contributed by atoms with Gasteiger partial charge in [-0.25, -0.2) is 0 Å². The van der Waals surface area contributed by atoms with Crippen LogP contribution < -0.4 is 20.3 Å².